The first-order chi connectivity index (χ1) is 14.9. The van der Waals surface area contributed by atoms with Gasteiger partial charge in [-0.25, -0.2) is 0 Å². The average molecular weight is 421 g/mol. The molecule has 3 aromatic rings. The zero-order valence-electron chi connectivity index (χ0n) is 18.1. The van der Waals surface area contributed by atoms with Gasteiger partial charge in [0, 0.05) is 18.4 Å². The zero-order chi connectivity index (χ0) is 22.2. The van der Waals surface area contributed by atoms with Crippen molar-refractivity contribution in [3.63, 3.8) is 0 Å². The monoisotopic (exact) mass is 420 g/mol. The number of carbonyl (C=O) groups excluding carboxylic acids is 1. The summed E-state index contributed by atoms with van der Waals surface area (Å²) in [5.41, 5.74) is 1.63. The summed E-state index contributed by atoms with van der Waals surface area (Å²) in [4.78, 5) is 27.5. The highest BCUT2D eigenvalue weighted by Gasteiger charge is 2.12. The Labute approximate surface area is 181 Å². The van der Waals surface area contributed by atoms with Crippen molar-refractivity contribution < 1.29 is 9.53 Å². The minimum atomic E-state index is -0.345. The maximum atomic E-state index is 12.4. The van der Waals surface area contributed by atoms with Crippen LogP contribution in [0.15, 0.2) is 59.4 Å². The Balaban J connectivity index is 1.60. The molecular weight excluding hydrogens is 392 g/mol. The van der Waals surface area contributed by atoms with Gasteiger partial charge in [0.1, 0.15) is 11.4 Å². The van der Waals surface area contributed by atoms with Gasteiger partial charge >= 0.3 is 0 Å². The summed E-state index contributed by atoms with van der Waals surface area (Å²) in [5.74, 6) is 1.35. The van der Waals surface area contributed by atoms with Crippen molar-refractivity contribution in [1.82, 2.24) is 20.5 Å². The summed E-state index contributed by atoms with van der Waals surface area (Å²) in [7, 11) is 0. The number of carbonyl (C=O) groups is 1. The summed E-state index contributed by atoms with van der Waals surface area (Å²) >= 11 is 0. The molecule has 1 atom stereocenters. The number of ether oxygens (including phenoxy) is 1. The minimum absolute atomic E-state index is 0.106. The number of rotatable bonds is 9. The number of hydrogen-bond donors (Lipinski definition) is 2. The molecule has 7 nitrogen and oxygen atoms in total. The topological polar surface area (TPSA) is 97.0 Å². The molecule has 2 N–H and O–H groups in total. The van der Waals surface area contributed by atoms with E-state index in [2.05, 4.69) is 34.3 Å². The van der Waals surface area contributed by atoms with Crippen molar-refractivity contribution in [2.24, 2.45) is 5.92 Å². The lowest BCUT2D eigenvalue weighted by atomic mass is 10.1. The van der Waals surface area contributed by atoms with E-state index in [1.165, 1.54) is 0 Å². The number of aromatic nitrogens is 3. The molecule has 0 spiro atoms. The van der Waals surface area contributed by atoms with Crippen LogP contribution >= 0.6 is 0 Å². The molecule has 1 aromatic heterocycles. The Hall–Kier alpha value is -3.48. The third-order valence-electron chi connectivity index (χ3n) is 4.72. The molecule has 2 aromatic carbocycles. The number of nitrogens with one attached hydrogen (secondary N) is 2. The molecule has 1 heterocycles. The van der Waals surface area contributed by atoms with Crippen LogP contribution in [0.5, 0.6) is 5.75 Å². The molecule has 1 unspecified atom stereocenters. The summed E-state index contributed by atoms with van der Waals surface area (Å²) in [6.07, 6.45) is 0.375. The predicted octanol–water partition coefficient (Wildman–Crippen LogP) is 3.68. The second kappa shape index (κ2) is 10.5. The SMILES string of the molecule is CC(C)COc1cccc(-c2nnc(CCC(=O)NC(C)c3ccccc3)c(=O)[nH]2)c1. The van der Waals surface area contributed by atoms with Gasteiger partial charge in [-0.3, -0.25) is 9.59 Å². The van der Waals surface area contributed by atoms with Crippen LogP contribution in [0.1, 0.15) is 44.5 Å². The van der Waals surface area contributed by atoms with Gasteiger partial charge in [0.15, 0.2) is 5.82 Å². The Bertz CT molecular complexity index is 1060. The van der Waals surface area contributed by atoms with E-state index in [9.17, 15) is 9.59 Å². The Kier molecular flexibility index (Phi) is 7.54. The largest absolute Gasteiger partial charge is 0.493 e. The lowest BCUT2D eigenvalue weighted by Crippen LogP contribution is -2.28. The number of amides is 1. The highest BCUT2D eigenvalue weighted by atomic mass is 16.5. The van der Waals surface area contributed by atoms with Gasteiger partial charge in [-0.2, -0.15) is 0 Å². The summed E-state index contributed by atoms with van der Waals surface area (Å²) in [6.45, 7) is 6.69. The lowest BCUT2D eigenvalue weighted by Gasteiger charge is -2.14. The number of aryl methyl sites for hydroxylation is 1. The molecule has 0 bridgehead atoms. The first-order valence-corrected chi connectivity index (χ1v) is 10.5. The van der Waals surface area contributed by atoms with E-state index in [4.69, 9.17) is 4.74 Å². The highest BCUT2D eigenvalue weighted by Crippen LogP contribution is 2.20. The van der Waals surface area contributed by atoms with Crippen LogP contribution in [0.3, 0.4) is 0 Å². The van der Waals surface area contributed by atoms with Crippen molar-refractivity contribution in [3.8, 4) is 17.1 Å². The van der Waals surface area contributed by atoms with Crippen LogP contribution in [0.25, 0.3) is 11.4 Å². The normalized spacial score (nSPS) is 11.9. The molecule has 0 saturated carbocycles. The molecule has 7 heteroatoms. The van der Waals surface area contributed by atoms with Crippen LogP contribution in [-0.2, 0) is 11.2 Å². The maximum absolute atomic E-state index is 12.4. The molecule has 0 aliphatic carbocycles. The van der Waals surface area contributed by atoms with Gasteiger partial charge < -0.3 is 15.0 Å². The van der Waals surface area contributed by atoms with Crippen molar-refractivity contribution in [2.45, 2.75) is 39.7 Å². The van der Waals surface area contributed by atoms with Crippen LogP contribution in [0.4, 0.5) is 0 Å². The number of aromatic amines is 1. The van der Waals surface area contributed by atoms with Crippen molar-refractivity contribution >= 4 is 5.91 Å². The first kappa shape index (κ1) is 22.2. The van der Waals surface area contributed by atoms with Gasteiger partial charge in [-0.15, -0.1) is 10.2 Å². The van der Waals surface area contributed by atoms with Crippen LogP contribution in [-0.4, -0.2) is 27.7 Å². The molecule has 1 amide bonds. The Morgan fingerprint density at radius 3 is 2.55 bits per heavy atom. The molecule has 0 saturated heterocycles. The zero-order valence-corrected chi connectivity index (χ0v) is 18.1. The van der Waals surface area contributed by atoms with Crippen molar-refractivity contribution in [2.75, 3.05) is 6.61 Å². The van der Waals surface area contributed by atoms with Gasteiger partial charge in [-0.1, -0.05) is 56.3 Å². The quantitative estimate of drug-likeness (QED) is 0.550. The number of H-pyrrole nitrogens is 1. The summed E-state index contributed by atoms with van der Waals surface area (Å²) in [5, 5.41) is 11.1. The maximum Gasteiger partial charge on any atom is 0.273 e. The van der Waals surface area contributed by atoms with Crippen molar-refractivity contribution in [3.05, 3.63) is 76.2 Å². The fourth-order valence-corrected chi connectivity index (χ4v) is 3.02. The molecule has 0 aliphatic rings. The third kappa shape index (κ3) is 6.50. The first-order valence-electron chi connectivity index (χ1n) is 10.5. The number of benzene rings is 2. The molecule has 31 heavy (non-hydrogen) atoms. The fraction of sp³-hybridized carbons (Fsp3) is 0.333. The standard InChI is InChI=1S/C24H28N4O3/c1-16(2)15-31-20-11-7-10-19(14-20)23-26-24(30)21(27-28-23)12-13-22(29)25-17(3)18-8-5-4-6-9-18/h4-11,14,16-17H,12-13,15H2,1-3H3,(H,25,29)(H,26,28,30). The molecule has 3 rings (SSSR count). The Morgan fingerprint density at radius 2 is 1.84 bits per heavy atom. The van der Waals surface area contributed by atoms with Crippen LogP contribution in [0.2, 0.25) is 0 Å². The third-order valence-corrected chi connectivity index (χ3v) is 4.72. The van der Waals surface area contributed by atoms with E-state index < -0.39 is 0 Å². The molecule has 0 aliphatic heterocycles. The smallest absolute Gasteiger partial charge is 0.273 e. The second-order valence-electron chi connectivity index (χ2n) is 7.88. The van der Waals surface area contributed by atoms with Crippen molar-refractivity contribution in [1.29, 1.82) is 0 Å². The van der Waals surface area contributed by atoms with Gasteiger partial charge in [0.25, 0.3) is 5.56 Å². The molecule has 0 radical (unpaired) electrons. The van der Waals surface area contributed by atoms with Gasteiger partial charge in [-0.05, 0) is 30.5 Å². The van der Waals surface area contributed by atoms with E-state index in [0.717, 1.165) is 5.56 Å². The van der Waals surface area contributed by atoms with Gasteiger partial charge in [0.05, 0.1) is 12.6 Å². The lowest BCUT2D eigenvalue weighted by molar-refractivity contribution is -0.121. The van der Waals surface area contributed by atoms with E-state index in [1.807, 2.05) is 61.5 Å². The average Bonchev–Trinajstić information content (AvgIpc) is 2.77. The van der Waals surface area contributed by atoms with Crippen LogP contribution in [0, 0.1) is 5.92 Å². The number of hydrogen-bond acceptors (Lipinski definition) is 5. The van der Waals surface area contributed by atoms with E-state index in [1.54, 1.807) is 0 Å². The predicted molar refractivity (Wildman–Crippen MR) is 120 cm³/mol. The van der Waals surface area contributed by atoms with Gasteiger partial charge in [0.2, 0.25) is 5.91 Å². The fourth-order valence-electron chi connectivity index (χ4n) is 3.02. The molecule has 162 valence electrons. The molecule has 0 fully saturated rings. The van der Waals surface area contributed by atoms with E-state index in [-0.39, 0.29) is 36.0 Å². The number of nitrogens with zero attached hydrogens (tertiary/aromatic N) is 2. The Morgan fingerprint density at radius 1 is 1.06 bits per heavy atom. The summed E-state index contributed by atoms with van der Waals surface area (Å²) < 4.78 is 5.73. The van der Waals surface area contributed by atoms with E-state index >= 15 is 0 Å². The summed E-state index contributed by atoms with van der Waals surface area (Å²) in [6, 6.07) is 17.0. The van der Waals surface area contributed by atoms with E-state index in [0.29, 0.717) is 29.7 Å². The highest BCUT2D eigenvalue weighted by molar-refractivity contribution is 5.76. The minimum Gasteiger partial charge on any atom is -0.493 e. The molecular formula is C24H28N4O3. The second-order valence-corrected chi connectivity index (χ2v) is 7.88. The van der Waals surface area contributed by atoms with Crippen LogP contribution < -0.4 is 15.6 Å².